The third-order valence-corrected chi connectivity index (χ3v) is 3.49. The molecule has 2 N–H and O–H groups in total. The Morgan fingerprint density at radius 3 is 2.71 bits per heavy atom. The van der Waals surface area contributed by atoms with E-state index in [2.05, 4.69) is 41.8 Å². The summed E-state index contributed by atoms with van der Waals surface area (Å²) in [5.41, 5.74) is 1.35. The van der Waals surface area contributed by atoms with E-state index in [1.807, 2.05) is 6.07 Å². The third kappa shape index (κ3) is 4.35. The molecule has 0 unspecified atom stereocenters. The molecule has 0 aromatic heterocycles. The van der Waals surface area contributed by atoms with Crippen LogP contribution in [0.1, 0.15) is 25.3 Å². The van der Waals surface area contributed by atoms with Crippen molar-refractivity contribution < 1.29 is 0 Å². The minimum atomic E-state index is 0.520. The second-order valence-electron chi connectivity index (χ2n) is 4.76. The highest BCUT2D eigenvalue weighted by Crippen LogP contribution is 2.32. The largest absolute Gasteiger partial charge is 0.362 e. The van der Waals surface area contributed by atoms with E-state index in [1.54, 1.807) is 0 Å². The van der Waals surface area contributed by atoms with Crippen LogP contribution in [0, 0.1) is 5.92 Å². The monoisotopic (exact) mass is 248 g/mol. The van der Waals surface area contributed by atoms with E-state index in [4.69, 9.17) is 12.2 Å². The van der Waals surface area contributed by atoms with Crippen LogP contribution in [-0.2, 0) is 6.42 Å². The molecule has 1 fully saturated rings. The molecule has 1 aromatic rings. The van der Waals surface area contributed by atoms with Crippen molar-refractivity contribution in [2.75, 3.05) is 6.54 Å². The van der Waals surface area contributed by atoms with Gasteiger partial charge in [0.2, 0.25) is 0 Å². The Bertz CT molecular complexity index is 360. The summed E-state index contributed by atoms with van der Waals surface area (Å²) in [6, 6.07) is 11.0. The minimum Gasteiger partial charge on any atom is -0.362 e. The maximum Gasteiger partial charge on any atom is 0.166 e. The first-order valence-electron chi connectivity index (χ1n) is 6.34. The third-order valence-electron chi connectivity index (χ3n) is 3.23. The first kappa shape index (κ1) is 12.4. The summed E-state index contributed by atoms with van der Waals surface area (Å²) < 4.78 is 0. The van der Waals surface area contributed by atoms with Crippen molar-refractivity contribution in [2.24, 2.45) is 5.92 Å². The Balaban J connectivity index is 1.63. The van der Waals surface area contributed by atoms with Crippen molar-refractivity contribution >= 4 is 17.3 Å². The molecular formula is C14H20N2S. The van der Waals surface area contributed by atoms with E-state index in [0.29, 0.717) is 6.04 Å². The van der Waals surface area contributed by atoms with Gasteiger partial charge in [0, 0.05) is 12.6 Å². The van der Waals surface area contributed by atoms with Gasteiger partial charge in [0.05, 0.1) is 0 Å². The summed E-state index contributed by atoms with van der Waals surface area (Å²) in [7, 11) is 0. The second kappa shape index (κ2) is 6.01. The molecule has 0 amide bonds. The Labute approximate surface area is 109 Å². The molecule has 0 bridgehead atoms. The van der Waals surface area contributed by atoms with Crippen LogP contribution in [0.25, 0.3) is 0 Å². The van der Waals surface area contributed by atoms with Gasteiger partial charge < -0.3 is 10.6 Å². The van der Waals surface area contributed by atoms with Gasteiger partial charge in [-0.2, -0.15) is 0 Å². The first-order valence-corrected chi connectivity index (χ1v) is 6.75. The summed E-state index contributed by atoms with van der Waals surface area (Å²) in [5, 5.41) is 7.41. The smallest absolute Gasteiger partial charge is 0.166 e. The van der Waals surface area contributed by atoms with Gasteiger partial charge in [0.15, 0.2) is 5.11 Å². The molecule has 0 radical (unpaired) electrons. The average molecular weight is 248 g/mol. The predicted molar refractivity (Wildman–Crippen MR) is 76.1 cm³/mol. The molecule has 0 aliphatic heterocycles. The van der Waals surface area contributed by atoms with E-state index in [-0.39, 0.29) is 0 Å². The van der Waals surface area contributed by atoms with Gasteiger partial charge >= 0.3 is 0 Å². The zero-order chi connectivity index (χ0) is 12.1. The Morgan fingerprint density at radius 1 is 1.35 bits per heavy atom. The SMILES string of the molecule is C[C@H](NC(=S)NCCc1ccccc1)C1CC1. The zero-order valence-corrected chi connectivity index (χ0v) is 11.1. The highest BCUT2D eigenvalue weighted by molar-refractivity contribution is 7.80. The van der Waals surface area contributed by atoms with Gasteiger partial charge in [-0.1, -0.05) is 30.3 Å². The van der Waals surface area contributed by atoms with Crippen LogP contribution < -0.4 is 10.6 Å². The topological polar surface area (TPSA) is 24.1 Å². The summed E-state index contributed by atoms with van der Waals surface area (Å²) in [6.07, 6.45) is 3.71. The van der Waals surface area contributed by atoms with Crippen molar-refractivity contribution in [1.82, 2.24) is 10.6 Å². The van der Waals surface area contributed by atoms with Crippen molar-refractivity contribution in [1.29, 1.82) is 0 Å². The van der Waals surface area contributed by atoms with Crippen LogP contribution in [0.2, 0.25) is 0 Å². The lowest BCUT2D eigenvalue weighted by molar-refractivity contribution is 0.581. The van der Waals surface area contributed by atoms with E-state index in [9.17, 15) is 0 Å². The lowest BCUT2D eigenvalue weighted by atomic mass is 10.1. The van der Waals surface area contributed by atoms with Crippen molar-refractivity contribution in [3.05, 3.63) is 35.9 Å². The van der Waals surface area contributed by atoms with Crippen LogP contribution in [0.5, 0.6) is 0 Å². The lowest BCUT2D eigenvalue weighted by Crippen LogP contribution is -2.42. The fraction of sp³-hybridized carbons (Fsp3) is 0.500. The lowest BCUT2D eigenvalue weighted by Gasteiger charge is -2.16. The molecule has 1 aliphatic rings. The molecule has 2 rings (SSSR count). The molecule has 0 saturated heterocycles. The minimum absolute atomic E-state index is 0.520. The summed E-state index contributed by atoms with van der Waals surface area (Å²) in [6.45, 7) is 3.11. The quantitative estimate of drug-likeness (QED) is 0.783. The zero-order valence-electron chi connectivity index (χ0n) is 10.3. The summed E-state index contributed by atoms with van der Waals surface area (Å²) in [5.74, 6) is 0.837. The molecule has 1 aliphatic carbocycles. The number of benzene rings is 1. The van der Waals surface area contributed by atoms with Crippen molar-refractivity contribution in [3.8, 4) is 0 Å². The maximum atomic E-state index is 5.27. The van der Waals surface area contributed by atoms with Crippen molar-refractivity contribution in [3.63, 3.8) is 0 Å². The average Bonchev–Trinajstić information content (AvgIpc) is 3.14. The van der Waals surface area contributed by atoms with E-state index < -0.39 is 0 Å². The molecule has 1 saturated carbocycles. The van der Waals surface area contributed by atoms with Crippen molar-refractivity contribution in [2.45, 2.75) is 32.2 Å². The molecular weight excluding hydrogens is 228 g/mol. The number of hydrogen-bond acceptors (Lipinski definition) is 1. The number of hydrogen-bond donors (Lipinski definition) is 2. The Kier molecular flexibility index (Phi) is 4.37. The fourth-order valence-electron chi connectivity index (χ4n) is 1.94. The molecule has 2 nitrogen and oxygen atoms in total. The normalized spacial score (nSPS) is 16.3. The highest BCUT2D eigenvalue weighted by Gasteiger charge is 2.28. The summed E-state index contributed by atoms with van der Waals surface area (Å²) >= 11 is 5.27. The van der Waals surface area contributed by atoms with Gasteiger partial charge in [-0.05, 0) is 49.9 Å². The molecule has 1 aromatic carbocycles. The molecule has 0 heterocycles. The molecule has 0 spiro atoms. The Morgan fingerprint density at radius 2 is 2.06 bits per heavy atom. The predicted octanol–water partition coefficient (Wildman–Crippen LogP) is 2.49. The van der Waals surface area contributed by atoms with Gasteiger partial charge in [-0.3, -0.25) is 0 Å². The van der Waals surface area contributed by atoms with Gasteiger partial charge in [0.25, 0.3) is 0 Å². The number of nitrogens with one attached hydrogen (secondary N) is 2. The molecule has 17 heavy (non-hydrogen) atoms. The number of thiocarbonyl (C=S) groups is 1. The molecule has 3 heteroatoms. The summed E-state index contributed by atoms with van der Waals surface area (Å²) in [4.78, 5) is 0. The maximum absolute atomic E-state index is 5.27. The first-order chi connectivity index (χ1) is 8.25. The van der Waals surface area contributed by atoms with Gasteiger partial charge in [0.1, 0.15) is 0 Å². The van der Waals surface area contributed by atoms with Gasteiger partial charge in [-0.15, -0.1) is 0 Å². The van der Waals surface area contributed by atoms with Crippen LogP contribution >= 0.6 is 12.2 Å². The van der Waals surface area contributed by atoms with Crippen LogP contribution in [0.4, 0.5) is 0 Å². The fourth-order valence-corrected chi connectivity index (χ4v) is 2.22. The van der Waals surface area contributed by atoms with E-state index in [1.165, 1.54) is 18.4 Å². The number of rotatable bonds is 5. The highest BCUT2D eigenvalue weighted by atomic mass is 32.1. The second-order valence-corrected chi connectivity index (χ2v) is 5.17. The van der Waals surface area contributed by atoms with Crippen LogP contribution in [0.3, 0.4) is 0 Å². The van der Waals surface area contributed by atoms with Crippen LogP contribution in [0.15, 0.2) is 30.3 Å². The molecule has 1 atom stereocenters. The van der Waals surface area contributed by atoms with E-state index >= 15 is 0 Å². The van der Waals surface area contributed by atoms with Crippen LogP contribution in [-0.4, -0.2) is 17.7 Å². The molecule has 92 valence electrons. The van der Waals surface area contributed by atoms with E-state index in [0.717, 1.165) is 24.0 Å². The Hall–Kier alpha value is -1.09. The standard InChI is InChI=1S/C14H20N2S/c1-11(13-7-8-13)16-14(17)15-10-9-12-5-3-2-4-6-12/h2-6,11,13H,7-10H2,1H3,(H2,15,16,17)/t11-/m0/s1. The van der Waals surface area contributed by atoms with Gasteiger partial charge in [-0.25, -0.2) is 0 Å².